The van der Waals surface area contributed by atoms with Gasteiger partial charge in [0.25, 0.3) is 0 Å². The van der Waals surface area contributed by atoms with E-state index in [0.29, 0.717) is 0 Å². The molecule has 0 aromatic carbocycles. The first kappa shape index (κ1) is 22.1. The molecule has 1 aliphatic heterocycles. The lowest BCUT2D eigenvalue weighted by atomic mass is 10.2. The lowest BCUT2D eigenvalue weighted by molar-refractivity contribution is -0.133. The number of aliphatic imine (C=N–C) groups is 1. The van der Waals surface area contributed by atoms with Gasteiger partial charge in [0.1, 0.15) is 0 Å². The minimum absolute atomic E-state index is 0.0688. The first-order chi connectivity index (χ1) is 11.8. The summed E-state index contributed by atoms with van der Waals surface area (Å²) >= 11 is 1.83. The van der Waals surface area contributed by atoms with Crippen molar-refractivity contribution in [1.82, 2.24) is 20.4 Å². The molecule has 25 heavy (non-hydrogen) atoms. The van der Waals surface area contributed by atoms with Gasteiger partial charge in [0, 0.05) is 38.5 Å². The van der Waals surface area contributed by atoms with Crippen molar-refractivity contribution in [3.63, 3.8) is 0 Å². The molecule has 2 N–H and O–H groups in total. The van der Waals surface area contributed by atoms with Crippen LogP contribution in [0, 0.1) is 0 Å². The lowest BCUT2D eigenvalue weighted by Gasteiger charge is -2.26. The smallest absolute Gasteiger partial charge is 0.239 e. The van der Waals surface area contributed by atoms with Crippen LogP contribution < -0.4 is 10.6 Å². The molecule has 1 fully saturated rings. The van der Waals surface area contributed by atoms with E-state index in [-0.39, 0.29) is 16.7 Å². The minimum atomic E-state index is 0.0688. The molecule has 0 aromatic rings. The highest BCUT2D eigenvalue weighted by atomic mass is 32.2. The van der Waals surface area contributed by atoms with E-state index in [4.69, 9.17) is 4.99 Å². The maximum atomic E-state index is 12.2. The van der Waals surface area contributed by atoms with E-state index in [1.165, 1.54) is 0 Å². The van der Waals surface area contributed by atoms with Crippen molar-refractivity contribution < 1.29 is 4.79 Å². The van der Waals surface area contributed by atoms with Crippen molar-refractivity contribution in [2.75, 3.05) is 53.1 Å². The summed E-state index contributed by atoms with van der Waals surface area (Å²) in [5.41, 5.74) is 0. The van der Waals surface area contributed by atoms with Crippen LogP contribution in [-0.4, -0.2) is 85.5 Å². The van der Waals surface area contributed by atoms with Crippen molar-refractivity contribution >= 4 is 23.6 Å². The summed E-state index contributed by atoms with van der Waals surface area (Å²) in [6.07, 6.45) is 5.23. The zero-order valence-electron chi connectivity index (χ0n) is 16.9. The van der Waals surface area contributed by atoms with Gasteiger partial charge in [0.2, 0.25) is 5.91 Å². The van der Waals surface area contributed by atoms with E-state index in [1.54, 1.807) is 4.90 Å². The molecule has 0 radical (unpaired) electrons. The highest BCUT2D eigenvalue weighted by molar-refractivity contribution is 7.99. The Labute approximate surface area is 158 Å². The van der Waals surface area contributed by atoms with Gasteiger partial charge in [0.05, 0.1) is 12.6 Å². The molecule has 1 amide bonds. The minimum Gasteiger partial charge on any atom is -0.357 e. The second-order valence-electron chi connectivity index (χ2n) is 7.37. The Bertz CT molecular complexity index is 439. The highest BCUT2D eigenvalue weighted by Gasteiger charge is 2.30. The predicted octanol–water partition coefficient (Wildman–Crippen LogP) is 1.63. The zero-order chi connectivity index (χ0) is 18.9. The first-order valence-corrected chi connectivity index (χ1v) is 10.6. The number of hydrogen-bond donors (Lipinski definition) is 2. The molecule has 0 saturated carbocycles. The molecule has 146 valence electrons. The fraction of sp³-hybridized carbons (Fsp3) is 0.889. The second kappa shape index (κ2) is 10.9. The molecule has 0 aromatic heterocycles. The molecule has 7 heteroatoms. The monoisotopic (exact) mass is 371 g/mol. The molecule has 1 unspecified atom stereocenters. The van der Waals surface area contributed by atoms with Crippen molar-refractivity contribution in [2.24, 2.45) is 4.99 Å². The zero-order valence-corrected chi connectivity index (χ0v) is 17.7. The Hall–Kier alpha value is -0.950. The van der Waals surface area contributed by atoms with Crippen LogP contribution in [0.2, 0.25) is 0 Å². The van der Waals surface area contributed by atoms with Gasteiger partial charge in [-0.3, -0.25) is 14.7 Å². The van der Waals surface area contributed by atoms with Crippen LogP contribution >= 0.6 is 11.8 Å². The SMILES string of the molecule is CCNC(=NCC(C)(C)SC)NCCCN1CCCC1C(=O)N(C)C. The summed E-state index contributed by atoms with van der Waals surface area (Å²) < 4.78 is 0.150. The average molecular weight is 372 g/mol. The van der Waals surface area contributed by atoms with Crippen LogP contribution in [0.5, 0.6) is 0 Å². The van der Waals surface area contributed by atoms with E-state index >= 15 is 0 Å². The van der Waals surface area contributed by atoms with Gasteiger partial charge in [-0.2, -0.15) is 11.8 Å². The van der Waals surface area contributed by atoms with Gasteiger partial charge >= 0.3 is 0 Å². The van der Waals surface area contributed by atoms with Gasteiger partial charge in [-0.1, -0.05) is 0 Å². The Morgan fingerprint density at radius 2 is 2.08 bits per heavy atom. The molecular weight excluding hydrogens is 334 g/mol. The number of amides is 1. The average Bonchev–Trinajstić information content (AvgIpc) is 3.04. The Kier molecular flexibility index (Phi) is 9.64. The quantitative estimate of drug-likeness (QED) is 0.366. The summed E-state index contributed by atoms with van der Waals surface area (Å²) in [7, 11) is 3.69. The predicted molar refractivity (Wildman–Crippen MR) is 109 cm³/mol. The van der Waals surface area contributed by atoms with E-state index in [0.717, 1.165) is 57.9 Å². The molecule has 1 aliphatic rings. The molecule has 1 saturated heterocycles. The number of thioether (sulfide) groups is 1. The summed E-state index contributed by atoms with van der Waals surface area (Å²) in [4.78, 5) is 21.0. The maximum absolute atomic E-state index is 12.2. The van der Waals surface area contributed by atoms with Crippen LogP contribution in [0.4, 0.5) is 0 Å². The molecule has 6 nitrogen and oxygen atoms in total. The number of carbonyl (C=O) groups is 1. The molecule has 0 bridgehead atoms. The van der Waals surface area contributed by atoms with E-state index in [1.807, 2.05) is 25.9 Å². The fourth-order valence-electron chi connectivity index (χ4n) is 2.84. The first-order valence-electron chi connectivity index (χ1n) is 9.33. The van der Waals surface area contributed by atoms with Gasteiger partial charge in [-0.15, -0.1) is 0 Å². The summed E-state index contributed by atoms with van der Waals surface area (Å²) in [5, 5.41) is 6.72. The normalized spacial score (nSPS) is 19.1. The van der Waals surface area contributed by atoms with Crippen LogP contribution in [0.3, 0.4) is 0 Å². The summed E-state index contributed by atoms with van der Waals surface area (Å²) in [6, 6.07) is 0.0688. The topological polar surface area (TPSA) is 60.0 Å². The molecule has 0 aliphatic carbocycles. The number of guanidine groups is 1. The molecular formula is C18H37N5OS. The number of hydrogen-bond acceptors (Lipinski definition) is 4. The molecule has 1 heterocycles. The number of carbonyl (C=O) groups excluding carboxylic acids is 1. The molecule has 1 atom stereocenters. The third-order valence-corrected chi connectivity index (χ3v) is 5.75. The third kappa shape index (κ3) is 7.86. The molecule has 1 rings (SSSR count). The lowest BCUT2D eigenvalue weighted by Crippen LogP contribution is -2.44. The van der Waals surface area contributed by atoms with Gasteiger partial charge in [-0.25, -0.2) is 0 Å². The second-order valence-corrected chi connectivity index (χ2v) is 8.88. The molecule has 0 spiro atoms. The number of likely N-dealkylation sites (tertiary alicyclic amines) is 1. The largest absolute Gasteiger partial charge is 0.357 e. The van der Waals surface area contributed by atoms with Crippen molar-refractivity contribution in [3.8, 4) is 0 Å². The summed E-state index contributed by atoms with van der Waals surface area (Å²) in [6.45, 7) is 11.0. The van der Waals surface area contributed by atoms with E-state index in [2.05, 4.69) is 42.6 Å². The number of rotatable bonds is 9. The van der Waals surface area contributed by atoms with Crippen LogP contribution in [0.1, 0.15) is 40.0 Å². The standard InChI is InChI=1S/C18H37N5OS/c1-7-19-17(21-14-18(2,3)25-6)20-11-9-13-23-12-8-10-15(23)16(24)22(4)5/h15H,7-14H2,1-6H3,(H2,19,20,21). The Morgan fingerprint density at radius 1 is 1.36 bits per heavy atom. The van der Waals surface area contributed by atoms with Crippen LogP contribution in [0.25, 0.3) is 0 Å². The van der Waals surface area contributed by atoms with Crippen LogP contribution in [0.15, 0.2) is 4.99 Å². The number of likely N-dealkylation sites (N-methyl/N-ethyl adjacent to an activating group) is 1. The third-order valence-electron chi connectivity index (χ3n) is 4.52. The maximum Gasteiger partial charge on any atom is 0.239 e. The Balaban J connectivity index is 2.41. The Morgan fingerprint density at radius 3 is 2.68 bits per heavy atom. The van der Waals surface area contributed by atoms with Gasteiger partial charge in [0.15, 0.2) is 5.96 Å². The van der Waals surface area contributed by atoms with E-state index < -0.39 is 0 Å². The highest BCUT2D eigenvalue weighted by Crippen LogP contribution is 2.21. The van der Waals surface area contributed by atoms with Gasteiger partial charge in [-0.05, 0) is 52.8 Å². The van der Waals surface area contributed by atoms with E-state index in [9.17, 15) is 4.79 Å². The van der Waals surface area contributed by atoms with Crippen molar-refractivity contribution in [2.45, 2.75) is 50.8 Å². The summed E-state index contributed by atoms with van der Waals surface area (Å²) in [5.74, 6) is 1.12. The number of nitrogens with one attached hydrogen (secondary N) is 2. The van der Waals surface area contributed by atoms with Crippen LogP contribution in [-0.2, 0) is 4.79 Å². The van der Waals surface area contributed by atoms with Crippen molar-refractivity contribution in [1.29, 1.82) is 0 Å². The van der Waals surface area contributed by atoms with Gasteiger partial charge < -0.3 is 15.5 Å². The van der Waals surface area contributed by atoms with Crippen molar-refractivity contribution in [3.05, 3.63) is 0 Å². The fourth-order valence-corrected chi connectivity index (χ4v) is 3.03. The number of nitrogens with zero attached hydrogens (tertiary/aromatic N) is 3.